The lowest BCUT2D eigenvalue weighted by molar-refractivity contribution is -0.145. The number of ether oxygens (including phenoxy) is 1. The van der Waals surface area contributed by atoms with E-state index in [0.29, 0.717) is 11.3 Å². The van der Waals surface area contributed by atoms with Crippen molar-refractivity contribution in [3.63, 3.8) is 0 Å². The van der Waals surface area contributed by atoms with E-state index < -0.39 is 37.2 Å². The molecule has 1 aromatic carbocycles. The van der Waals surface area contributed by atoms with E-state index >= 15 is 0 Å². The average molecular weight is 445 g/mol. The van der Waals surface area contributed by atoms with Crippen LogP contribution in [0, 0.1) is 0 Å². The second-order valence-corrected chi connectivity index (χ2v) is 10.6. The average Bonchev–Trinajstić information content (AvgIpc) is 3.02. The van der Waals surface area contributed by atoms with Crippen molar-refractivity contribution in [3.05, 3.63) is 53.6 Å². The summed E-state index contributed by atoms with van der Waals surface area (Å²) in [5, 5.41) is 0.600. The monoisotopic (exact) mass is 444 g/mol. The number of hydrogen-bond donors (Lipinski definition) is 1. The molecule has 0 saturated carbocycles. The summed E-state index contributed by atoms with van der Waals surface area (Å²) in [5.41, 5.74) is 0.783. The molecule has 2 atom stereocenters. The second kappa shape index (κ2) is 8.41. The van der Waals surface area contributed by atoms with Crippen LogP contribution in [-0.2, 0) is 29.4 Å². The fraction of sp³-hybridized carbons (Fsp3) is 0.294. The maximum atomic E-state index is 12.8. The van der Waals surface area contributed by atoms with Crippen LogP contribution in [0.3, 0.4) is 0 Å². The molecule has 0 amide bonds. The van der Waals surface area contributed by atoms with Crippen molar-refractivity contribution in [1.29, 1.82) is 0 Å². The van der Waals surface area contributed by atoms with E-state index in [1.54, 1.807) is 12.3 Å². The maximum absolute atomic E-state index is 12.8. The minimum atomic E-state index is -3.94. The number of hydrogen-bond acceptors (Lipinski definition) is 8. The predicted molar refractivity (Wildman–Crippen MR) is 107 cm³/mol. The third-order valence-electron chi connectivity index (χ3n) is 3.70. The van der Waals surface area contributed by atoms with Gasteiger partial charge in [0.1, 0.15) is 11.4 Å². The molecule has 1 aromatic heterocycles. The van der Waals surface area contributed by atoms with Crippen molar-refractivity contribution >= 4 is 42.3 Å². The quantitative estimate of drug-likeness (QED) is 0.491. The van der Waals surface area contributed by atoms with Gasteiger partial charge in [0.2, 0.25) is 10.0 Å². The largest absolute Gasteiger partial charge is 0.456 e. The molecular formula is C17H20N2O6S3. The van der Waals surface area contributed by atoms with E-state index in [1.807, 2.05) is 0 Å². The van der Waals surface area contributed by atoms with Crippen LogP contribution in [0.1, 0.15) is 36.5 Å². The Balaban J connectivity index is 2.24. The van der Waals surface area contributed by atoms with Crippen LogP contribution in [-0.4, -0.2) is 34.0 Å². The Hall–Kier alpha value is -2.24. The summed E-state index contributed by atoms with van der Waals surface area (Å²) < 4.78 is 56.0. The predicted octanol–water partition coefficient (Wildman–Crippen LogP) is 2.84. The van der Waals surface area contributed by atoms with Gasteiger partial charge >= 0.3 is 5.97 Å². The molecule has 0 bridgehead atoms. The number of sulfone groups is 1. The highest BCUT2D eigenvalue weighted by atomic mass is 32.2. The van der Waals surface area contributed by atoms with Gasteiger partial charge in [0, 0.05) is 18.6 Å². The van der Waals surface area contributed by atoms with Crippen LogP contribution < -0.4 is 4.72 Å². The number of esters is 1. The number of nitrogens with one attached hydrogen (secondary N) is 1. The fourth-order valence-corrected chi connectivity index (χ4v) is 5.35. The van der Waals surface area contributed by atoms with Gasteiger partial charge < -0.3 is 4.74 Å². The number of carbonyl (C=O) groups excluding carboxylic acids is 1. The van der Waals surface area contributed by atoms with Crippen LogP contribution in [0.2, 0.25) is 0 Å². The van der Waals surface area contributed by atoms with Gasteiger partial charge in [-0.05, 0) is 24.6 Å². The number of benzene rings is 1. The Labute approximate surface area is 168 Å². The molecular weight excluding hydrogens is 424 g/mol. The van der Waals surface area contributed by atoms with E-state index in [1.165, 1.54) is 37.3 Å². The van der Waals surface area contributed by atoms with Gasteiger partial charge in [-0.2, -0.15) is 0 Å². The van der Waals surface area contributed by atoms with Crippen molar-refractivity contribution in [2.45, 2.75) is 30.1 Å². The lowest BCUT2D eigenvalue weighted by Crippen LogP contribution is -2.20. The number of sulfonamides is 1. The highest BCUT2D eigenvalue weighted by Gasteiger charge is 2.26. The van der Waals surface area contributed by atoms with Gasteiger partial charge in [0.15, 0.2) is 15.0 Å². The first-order valence-corrected chi connectivity index (χ1v) is 12.3. The molecule has 28 heavy (non-hydrogen) atoms. The molecule has 0 spiro atoms. The highest BCUT2D eigenvalue weighted by Crippen LogP contribution is 2.29. The standard InChI is InChI=1S/C17H20N2O6S3/c1-5-16(13-6-8-14(9-7-13)27(4,21)22)28(23,24)19-17-18-15(10-26-17)11(2)25-12(3)20/h5-11,16H,1H2,2-4H3,(H,18,19). The van der Waals surface area contributed by atoms with Gasteiger partial charge in [-0.25, -0.2) is 21.8 Å². The van der Waals surface area contributed by atoms with Crippen molar-refractivity contribution in [3.8, 4) is 0 Å². The van der Waals surface area contributed by atoms with Crippen molar-refractivity contribution < 1.29 is 26.4 Å². The number of rotatable bonds is 8. The third kappa shape index (κ3) is 5.40. The van der Waals surface area contributed by atoms with E-state index in [0.717, 1.165) is 17.6 Å². The lowest BCUT2D eigenvalue weighted by atomic mass is 10.1. The summed E-state index contributed by atoms with van der Waals surface area (Å²) in [4.78, 5) is 15.3. The maximum Gasteiger partial charge on any atom is 0.303 e. The zero-order valence-corrected chi connectivity index (χ0v) is 17.9. The van der Waals surface area contributed by atoms with Gasteiger partial charge in [-0.3, -0.25) is 9.52 Å². The molecule has 152 valence electrons. The first kappa shape index (κ1) is 22.1. The Bertz CT molecular complexity index is 1070. The van der Waals surface area contributed by atoms with E-state index in [2.05, 4.69) is 16.3 Å². The van der Waals surface area contributed by atoms with Crippen LogP contribution in [0.5, 0.6) is 0 Å². The summed E-state index contributed by atoms with van der Waals surface area (Å²) >= 11 is 1.05. The fourth-order valence-electron chi connectivity index (χ4n) is 2.36. The topological polar surface area (TPSA) is 120 Å². The molecule has 1 heterocycles. The Morgan fingerprint density at radius 2 is 1.86 bits per heavy atom. The SMILES string of the molecule is C=CC(c1ccc(S(C)(=O)=O)cc1)S(=O)(=O)Nc1nc(C(C)OC(C)=O)cs1. The molecule has 8 nitrogen and oxygen atoms in total. The zero-order valence-electron chi connectivity index (χ0n) is 15.4. The molecule has 0 saturated heterocycles. The minimum Gasteiger partial charge on any atom is -0.456 e. The molecule has 0 radical (unpaired) electrons. The van der Waals surface area contributed by atoms with E-state index in [-0.39, 0.29) is 10.0 Å². The summed E-state index contributed by atoms with van der Waals surface area (Å²) in [6, 6.07) is 5.55. The summed E-state index contributed by atoms with van der Waals surface area (Å²) in [6.45, 7) is 6.47. The number of aromatic nitrogens is 1. The van der Waals surface area contributed by atoms with Crippen LogP contribution in [0.25, 0.3) is 0 Å². The minimum absolute atomic E-state index is 0.0912. The summed E-state index contributed by atoms with van der Waals surface area (Å²) in [5.74, 6) is -0.466. The van der Waals surface area contributed by atoms with Crippen LogP contribution in [0.15, 0.2) is 47.2 Å². The van der Waals surface area contributed by atoms with Gasteiger partial charge in [-0.1, -0.05) is 18.2 Å². The lowest BCUT2D eigenvalue weighted by Gasteiger charge is -2.15. The number of anilines is 1. The molecule has 1 N–H and O–H groups in total. The van der Waals surface area contributed by atoms with Crippen molar-refractivity contribution in [2.75, 3.05) is 11.0 Å². The zero-order chi connectivity index (χ0) is 21.1. The molecule has 0 aliphatic heterocycles. The first-order chi connectivity index (χ1) is 12.9. The Morgan fingerprint density at radius 1 is 1.25 bits per heavy atom. The first-order valence-electron chi connectivity index (χ1n) is 8.01. The van der Waals surface area contributed by atoms with Crippen LogP contribution >= 0.6 is 11.3 Å². The Morgan fingerprint density at radius 3 is 2.36 bits per heavy atom. The molecule has 2 aromatic rings. The number of thiazole rings is 1. The molecule has 0 aliphatic rings. The van der Waals surface area contributed by atoms with Gasteiger partial charge in [0.25, 0.3) is 0 Å². The van der Waals surface area contributed by atoms with Crippen molar-refractivity contribution in [1.82, 2.24) is 4.98 Å². The van der Waals surface area contributed by atoms with E-state index in [4.69, 9.17) is 4.74 Å². The number of carbonyl (C=O) groups is 1. The molecule has 2 rings (SSSR count). The smallest absolute Gasteiger partial charge is 0.303 e. The van der Waals surface area contributed by atoms with Crippen LogP contribution in [0.4, 0.5) is 5.13 Å². The van der Waals surface area contributed by atoms with Gasteiger partial charge in [-0.15, -0.1) is 17.9 Å². The second-order valence-electron chi connectivity index (χ2n) is 5.97. The number of nitrogens with zero attached hydrogens (tertiary/aromatic N) is 1. The molecule has 2 unspecified atom stereocenters. The Kier molecular flexibility index (Phi) is 6.63. The molecule has 0 aliphatic carbocycles. The summed E-state index contributed by atoms with van der Waals surface area (Å²) in [6.07, 6.45) is 1.71. The summed E-state index contributed by atoms with van der Waals surface area (Å²) in [7, 11) is -7.32. The normalized spacial score (nSPS) is 14.1. The molecule has 11 heteroatoms. The van der Waals surface area contributed by atoms with E-state index in [9.17, 15) is 21.6 Å². The van der Waals surface area contributed by atoms with Crippen molar-refractivity contribution in [2.24, 2.45) is 0 Å². The molecule has 0 fully saturated rings. The highest BCUT2D eigenvalue weighted by molar-refractivity contribution is 7.93. The third-order valence-corrected chi connectivity index (χ3v) is 7.34. The van der Waals surface area contributed by atoms with Gasteiger partial charge in [0.05, 0.1) is 10.6 Å².